The fourth-order valence-corrected chi connectivity index (χ4v) is 3.99. The monoisotopic (exact) mass is 297 g/mol. The average molecular weight is 297 g/mol. The van der Waals surface area contributed by atoms with Crippen LogP contribution in [0.5, 0.6) is 0 Å². The first-order chi connectivity index (χ1) is 9.66. The van der Waals surface area contributed by atoms with Gasteiger partial charge in [-0.2, -0.15) is 4.31 Å². The number of nitrogens with zero attached hydrogens (tertiary/aromatic N) is 2. The number of hydrogen-bond acceptors (Lipinski definition) is 4. The molecule has 1 aliphatic heterocycles. The molecule has 0 amide bonds. The Labute approximate surface area is 121 Å². The van der Waals surface area contributed by atoms with E-state index in [-0.39, 0.29) is 5.03 Å². The fraction of sp³-hybridized carbons (Fsp3) is 0.643. The van der Waals surface area contributed by atoms with Crippen LogP contribution in [0.1, 0.15) is 39.0 Å². The molecule has 5 nitrogen and oxygen atoms in total. The van der Waals surface area contributed by atoms with Gasteiger partial charge >= 0.3 is 0 Å². The molecule has 1 aromatic heterocycles. The predicted octanol–water partition coefficient (Wildman–Crippen LogP) is 2.47. The third-order valence-electron chi connectivity index (χ3n) is 3.49. The molecule has 2 heterocycles. The van der Waals surface area contributed by atoms with Crippen LogP contribution in [0.3, 0.4) is 0 Å². The molecule has 1 saturated heterocycles. The van der Waals surface area contributed by atoms with E-state index in [2.05, 4.69) is 10.3 Å². The summed E-state index contributed by atoms with van der Waals surface area (Å²) in [6.45, 7) is 4.00. The molecule has 0 saturated carbocycles. The maximum atomic E-state index is 12.7. The molecule has 0 atom stereocenters. The first kappa shape index (κ1) is 15.3. The summed E-state index contributed by atoms with van der Waals surface area (Å²) in [7, 11) is -3.49. The summed E-state index contributed by atoms with van der Waals surface area (Å²) in [6.07, 6.45) is 6.57. The van der Waals surface area contributed by atoms with Crippen molar-refractivity contribution in [1.82, 2.24) is 9.29 Å². The Morgan fingerprint density at radius 2 is 1.95 bits per heavy atom. The lowest BCUT2D eigenvalue weighted by Crippen LogP contribution is -2.33. The average Bonchev–Trinajstić information content (AvgIpc) is 2.75. The van der Waals surface area contributed by atoms with Crippen LogP contribution in [0.4, 0.5) is 5.69 Å². The highest BCUT2D eigenvalue weighted by Gasteiger charge is 2.28. The molecule has 0 spiro atoms. The van der Waals surface area contributed by atoms with E-state index in [9.17, 15) is 8.42 Å². The Kier molecular flexibility index (Phi) is 5.37. The zero-order valence-corrected chi connectivity index (χ0v) is 12.8. The summed E-state index contributed by atoms with van der Waals surface area (Å²) in [5.74, 6) is 0. The van der Waals surface area contributed by atoms with Gasteiger partial charge in [-0.15, -0.1) is 0 Å². The van der Waals surface area contributed by atoms with Gasteiger partial charge in [0.05, 0.1) is 5.69 Å². The fourth-order valence-electron chi connectivity index (χ4n) is 2.39. The van der Waals surface area contributed by atoms with Gasteiger partial charge < -0.3 is 5.32 Å². The summed E-state index contributed by atoms with van der Waals surface area (Å²) in [6, 6.07) is 3.55. The normalized spacial score (nSPS) is 17.6. The lowest BCUT2D eigenvalue weighted by atomic mass is 10.2. The second-order valence-electron chi connectivity index (χ2n) is 5.10. The van der Waals surface area contributed by atoms with Crippen LogP contribution in [0.2, 0.25) is 0 Å². The Morgan fingerprint density at radius 1 is 1.25 bits per heavy atom. The minimum atomic E-state index is -3.49. The number of anilines is 1. The zero-order valence-electron chi connectivity index (χ0n) is 12.0. The molecule has 20 heavy (non-hydrogen) atoms. The quantitative estimate of drug-likeness (QED) is 0.907. The van der Waals surface area contributed by atoms with Crippen molar-refractivity contribution in [2.75, 3.05) is 25.0 Å². The van der Waals surface area contributed by atoms with Crippen molar-refractivity contribution in [1.29, 1.82) is 0 Å². The zero-order chi connectivity index (χ0) is 14.4. The highest BCUT2D eigenvalue weighted by atomic mass is 32.2. The van der Waals surface area contributed by atoms with Gasteiger partial charge in [-0.3, -0.25) is 0 Å². The minimum Gasteiger partial charge on any atom is -0.383 e. The van der Waals surface area contributed by atoms with E-state index in [0.29, 0.717) is 18.8 Å². The molecule has 1 aliphatic rings. The SMILES string of the molecule is CCCNc1cccnc1S(=O)(=O)N1CCCCCC1. The van der Waals surface area contributed by atoms with Crippen molar-refractivity contribution in [2.24, 2.45) is 0 Å². The molecule has 0 unspecified atom stereocenters. The number of aromatic nitrogens is 1. The Balaban J connectivity index is 2.28. The van der Waals surface area contributed by atoms with E-state index in [4.69, 9.17) is 0 Å². The van der Waals surface area contributed by atoms with E-state index in [1.165, 1.54) is 0 Å². The van der Waals surface area contributed by atoms with Crippen molar-refractivity contribution in [3.63, 3.8) is 0 Å². The first-order valence-corrected chi connectivity index (χ1v) is 8.79. The molecular formula is C14H23N3O2S. The van der Waals surface area contributed by atoms with E-state index < -0.39 is 10.0 Å². The second kappa shape index (κ2) is 7.04. The topological polar surface area (TPSA) is 62.3 Å². The standard InChI is InChI=1S/C14H23N3O2S/c1-2-9-15-13-8-7-10-16-14(13)20(18,19)17-11-5-3-4-6-12-17/h7-8,10,15H,2-6,9,11-12H2,1H3. The molecule has 6 heteroatoms. The van der Waals surface area contributed by atoms with Gasteiger partial charge in [-0.1, -0.05) is 19.8 Å². The smallest absolute Gasteiger partial charge is 0.262 e. The molecule has 0 bridgehead atoms. The van der Waals surface area contributed by atoms with Crippen LogP contribution in [0.25, 0.3) is 0 Å². The lowest BCUT2D eigenvalue weighted by Gasteiger charge is -2.21. The second-order valence-corrected chi connectivity index (χ2v) is 6.95. The van der Waals surface area contributed by atoms with Crippen LogP contribution in [-0.4, -0.2) is 37.3 Å². The lowest BCUT2D eigenvalue weighted by molar-refractivity contribution is 0.422. The molecule has 0 aromatic carbocycles. The number of sulfonamides is 1. The molecule has 1 fully saturated rings. The van der Waals surface area contributed by atoms with Gasteiger partial charge in [0.2, 0.25) is 0 Å². The summed E-state index contributed by atoms with van der Waals surface area (Å²) < 4.78 is 27.1. The minimum absolute atomic E-state index is 0.162. The number of pyridine rings is 1. The van der Waals surface area contributed by atoms with Gasteiger partial charge in [0.1, 0.15) is 0 Å². The largest absolute Gasteiger partial charge is 0.383 e. The summed E-state index contributed by atoms with van der Waals surface area (Å²) in [4.78, 5) is 4.12. The Morgan fingerprint density at radius 3 is 2.60 bits per heavy atom. The van der Waals surface area contributed by atoms with Crippen LogP contribution in [0.15, 0.2) is 23.4 Å². The van der Waals surface area contributed by atoms with Gasteiger partial charge in [-0.05, 0) is 31.4 Å². The molecule has 112 valence electrons. The molecule has 1 aromatic rings. The van der Waals surface area contributed by atoms with Crippen LogP contribution in [-0.2, 0) is 10.0 Å². The number of nitrogens with one attached hydrogen (secondary N) is 1. The van der Waals surface area contributed by atoms with Crippen molar-refractivity contribution >= 4 is 15.7 Å². The number of hydrogen-bond donors (Lipinski definition) is 1. The summed E-state index contributed by atoms with van der Waals surface area (Å²) >= 11 is 0. The first-order valence-electron chi connectivity index (χ1n) is 7.35. The number of rotatable bonds is 5. The van der Waals surface area contributed by atoms with Gasteiger partial charge in [-0.25, -0.2) is 13.4 Å². The molecule has 2 rings (SSSR count). The summed E-state index contributed by atoms with van der Waals surface area (Å²) in [5, 5.41) is 3.32. The van der Waals surface area contributed by atoms with E-state index in [1.54, 1.807) is 22.6 Å². The van der Waals surface area contributed by atoms with Gasteiger partial charge in [0.15, 0.2) is 5.03 Å². The Bertz CT molecular complexity index is 523. The molecule has 0 aliphatic carbocycles. The molecule has 1 N–H and O–H groups in total. The van der Waals surface area contributed by atoms with Crippen LogP contribution in [0, 0.1) is 0 Å². The third-order valence-corrected chi connectivity index (χ3v) is 5.34. The third kappa shape index (κ3) is 3.49. The maximum Gasteiger partial charge on any atom is 0.262 e. The van der Waals surface area contributed by atoms with Crippen LogP contribution < -0.4 is 5.32 Å². The van der Waals surface area contributed by atoms with Crippen molar-refractivity contribution in [3.05, 3.63) is 18.3 Å². The van der Waals surface area contributed by atoms with Crippen molar-refractivity contribution in [2.45, 2.75) is 44.1 Å². The van der Waals surface area contributed by atoms with Gasteiger partial charge in [0, 0.05) is 25.8 Å². The van der Waals surface area contributed by atoms with Gasteiger partial charge in [0.25, 0.3) is 10.0 Å². The highest BCUT2D eigenvalue weighted by Crippen LogP contribution is 2.24. The maximum absolute atomic E-state index is 12.7. The summed E-state index contributed by atoms with van der Waals surface area (Å²) in [5.41, 5.74) is 0.610. The molecular weight excluding hydrogens is 274 g/mol. The highest BCUT2D eigenvalue weighted by molar-refractivity contribution is 7.89. The van der Waals surface area contributed by atoms with Crippen molar-refractivity contribution < 1.29 is 8.42 Å². The van der Waals surface area contributed by atoms with Crippen molar-refractivity contribution in [3.8, 4) is 0 Å². The predicted molar refractivity (Wildman–Crippen MR) is 80.2 cm³/mol. The molecule has 0 radical (unpaired) electrons. The van der Waals surface area contributed by atoms with E-state index >= 15 is 0 Å². The van der Waals surface area contributed by atoms with Crippen LogP contribution >= 0.6 is 0 Å². The van der Waals surface area contributed by atoms with E-state index in [0.717, 1.165) is 38.6 Å². The van der Waals surface area contributed by atoms with E-state index in [1.807, 2.05) is 6.92 Å². The Hall–Kier alpha value is -1.14.